The number of halogens is 1. The summed E-state index contributed by atoms with van der Waals surface area (Å²) < 4.78 is 19.4. The van der Waals surface area contributed by atoms with Gasteiger partial charge in [0.2, 0.25) is 0 Å². The maximum Gasteiger partial charge on any atom is 0.159 e. The predicted molar refractivity (Wildman–Crippen MR) is 119 cm³/mol. The lowest BCUT2D eigenvalue weighted by molar-refractivity contribution is 0.145. The van der Waals surface area contributed by atoms with Crippen molar-refractivity contribution < 1.29 is 9.13 Å². The van der Waals surface area contributed by atoms with Crippen LogP contribution in [0, 0.1) is 5.92 Å². The predicted octanol–water partition coefficient (Wildman–Crippen LogP) is 7.20. The Morgan fingerprint density at radius 3 is 2.14 bits per heavy atom. The Morgan fingerprint density at radius 2 is 1.52 bits per heavy atom. The molecule has 0 aliphatic carbocycles. The van der Waals surface area contributed by atoms with Crippen molar-refractivity contribution in [3.05, 3.63) is 42.2 Å². The van der Waals surface area contributed by atoms with Crippen LogP contribution in [-0.4, -0.2) is 22.7 Å². The fraction of sp³-hybridized carbons (Fsp3) is 0.600. The Balaban J connectivity index is 1.76. The number of aromatic nitrogens is 2. The highest BCUT2D eigenvalue weighted by Crippen LogP contribution is 2.19. The average molecular weight is 401 g/mol. The van der Waals surface area contributed by atoms with Gasteiger partial charge in [0.1, 0.15) is 12.8 Å². The highest BCUT2D eigenvalue weighted by molar-refractivity contribution is 5.55. The molecule has 0 saturated heterocycles. The fourth-order valence-corrected chi connectivity index (χ4v) is 3.24. The number of hydrogen-bond donors (Lipinski definition) is 0. The standard InChI is InChI=1S/C25H37FN2O/c1-4-6-7-8-9-10-11-12-21-13-15-22(16-14-21)25-27-17-23(18-28-25)29-19-24(26)20(3)5-2/h13-18,20,24H,4-12,19H2,1-3H3. The Kier molecular flexibility index (Phi) is 10.7. The molecule has 1 aromatic heterocycles. The zero-order valence-electron chi connectivity index (χ0n) is 18.4. The lowest BCUT2D eigenvalue weighted by atomic mass is 10.0. The van der Waals surface area contributed by atoms with Crippen LogP contribution >= 0.6 is 0 Å². The second-order valence-electron chi connectivity index (χ2n) is 8.02. The molecular formula is C25H37FN2O. The lowest BCUT2D eigenvalue weighted by Gasteiger charge is -2.15. The summed E-state index contributed by atoms with van der Waals surface area (Å²) in [6, 6.07) is 8.49. The van der Waals surface area contributed by atoms with Crippen LogP contribution in [0.1, 0.15) is 77.7 Å². The summed E-state index contributed by atoms with van der Waals surface area (Å²) in [6.45, 7) is 6.18. The van der Waals surface area contributed by atoms with Crippen LogP contribution in [0.3, 0.4) is 0 Å². The SMILES string of the molecule is CCCCCCCCCc1ccc(-c2ncc(OCC(F)C(C)CC)cn2)cc1. The summed E-state index contributed by atoms with van der Waals surface area (Å²) in [6.07, 6.45) is 13.5. The molecule has 0 N–H and O–H groups in total. The second-order valence-corrected chi connectivity index (χ2v) is 8.02. The highest BCUT2D eigenvalue weighted by Gasteiger charge is 2.15. The molecule has 2 unspecified atom stereocenters. The van der Waals surface area contributed by atoms with E-state index >= 15 is 0 Å². The first kappa shape index (κ1) is 23.3. The minimum atomic E-state index is -0.969. The maximum atomic E-state index is 13.9. The number of nitrogens with zero attached hydrogens (tertiary/aromatic N) is 2. The van der Waals surface area contributed by atoms with E-state index < -0.39 is 6.17 Å². The van der Waals surface area contributed by atoms with E-state index in [9.17, 15) is 4.39 Å². The molecule has 0 aliphatic rings. The molecule has 1 heterocycles. The third-order valence-corrected chi connectivity index (χ3v) is 5.58. The van der Waals surface area contributed by atoms with Crippen molar-refractivity contribution in [1.29, 1.82) is 0 Å². The van der Waals surface area contributed by atoms with Gasteiger partial charge in [-0.05, 0) is 24.3 Å². The average Bonchev–Trinajstić information content (AvgIpc) is 2.77. The molecule has 0 amide bonds. The largest absolute Gasteiger partial charge is 0.487 e. The molecule has 2 aromatic rings. The van der Waals surface area contributed by atoms with Gasteiger partial charge in [0.05, 0.1) is 12.4 Å². The van der Waals surface area contributed by atoms with E-state index in [4.69, 9.17) is 4.74 Å². The van der Waals surface area contributed by atoms with Crippen molar-refractivity contribution in [3.63, 3.8) is 0 Å². The summed E-state index contributed by atoms with van der Waals surface area (Å²) in [5.74, 6) is 1.17. The van der Waals surface area contributed by atoms with Crippen molar-refractivity contribution in [2.45, 2.75) is 84.7 Å². The Hall–Kier alpha value is -1.97. The fourth-order valence-electron chi connectivity index (χ4n) is 3.24. The van der Waals surface area contributed by atoms with Crippen LogP contribution in [0.5, 0.6) is 5.75 Å². The molecule has 0 saturated carbocycles. The molecule has 0 bridgehead atoms. The monoisotopic (exact) mass is 400 g/mol. The first-order valence-electron chi connectivity index (χ1n) is 11.3. The highest BCUT2D eigenvalue weighted by atomic mass is 19.1. The van der Waals surface area contributed by atoms with Crippen LogP contribution < -0.4 is 4.74 Å². The number of hydrogen-bond acceptors (Lipinski definition) is 3. The molecule has 0 fully saturated rings. The van der Waals surface area contributed by atoms with Crippen LogP contribution in [0.15, 0.2) is 36.7 Å². The molecule has 0 aliphatic heterocycles. The number of aryl methyl sites for hydroxylation is 1. The molecule has 29 heavy (non-hydrogen) atoms. The van der Waals surface area contributed by atoms with Gasteiger partial charge < -0.3 is 4.74 Å². The number of rotatable bonds is 14. The maximum absolute atomic E-state index is 13.9. The Bertz CT molecular complexity index is 672. The van der Waals surface area contributed by atoms with Crippen LogP contribution in [0.4, 0.5) is 4.39 Å². The first-order chi connectivity index (χ1) is 14.1. The summed E-state index contributed by atoms with van der Waals surface area (Å²) >= 11 is 0. The molecule has 1 aromatic carbocycles. The molecule has 4 heteroatoms. The lowest BCUT2D eigenvalue weighted by Crippen LogP contribution is -2.20. The second kappa shape index (κ2) is 13.3. The normalized spacial score (nSPS) is 13.2. The molecule has 3 nitrogen and oxygen atoms in total. The van der Waals surface area contributed by atoms with Crippen LogP contribution in [0.25, 0.3) is 11.4 Å². The van der Waals surface area contributed by atoms with E-state index in [0.717, 1.165) is 18.4 Å². The van der Waals surface area contributed by atoms with Crippen molar-refractivity contribution >= 4 is 0 Å². The van der Waals surface area contributed by atoms with Crippen LogP contribution in [0.2, 0.25) is 0 Å². The molecule has 0 radical (unpaired) electrons. The van der Waals surface area contributed by atoms with Gasteiger partial charge in [0.15, 0.2) is 11.6 Å². The molecular weight excluding hydrogens is 363 g/mol. The summed E-state index contributed by atoms with van der Waals surface area (Å²) in [5, 5.41) is 0. The van der Waals surface area contributed by atoms with Gasteiger partial charge in [-0.1, -0.05) is 90.0 Å². The molecule has 2 rings (SSSR count). The number of ether oxygens (including phenoxy) is 1. The Labute approximate surface area is 176 Å². The summed E-state index contributed by atoms with van der Waals surface area (Å²) in [7, 11) is 0. The van der Waals surface area contributed by atoms with Gasteiger partial charge >= 0.3 is 0 Å². The van der Waals surface area contributed by atoms with E-state index in [2.05, 4.69) is 41.2 Å². The Morgan fingerprint density at radius 1 is 0.897 bits per heavy atom. The van der Waals surface area contributed by atoms with E-state index in [1.807, 2.05) is 13.8 Å². The third kappa shape index (κ3) is 8.51. The zero-order chi connectivity index (χ0) is 20.9. The third-order valence-electron chi connectivity index (χ3n) is 5.58. The minimum absolute atomic E-state index is 0.00485. The van der Waals surface area contributed by atoms with Crippen LogP contribution in [-0.2, 0) is 6.42 Å². The number of unbranched alkanes of at least 4 members (excludes halogenated alkanes) is 6. The van der Waals surface area contributed by atoms with Crippen molar-refractivity contribution in [2.75, 3.05) is 6.61 Å². The first-order valence-corrected chi connectivity index (χ1v) is 11.3. The van der Waals surface area contributed by atoms with Crippen molar-refractivity contribution in [1.82, 2.24) is 9.97 Å². The minimum Gasteiger partial charge on any atom is -0.487 e. The molecule has 0 spiro atoms. The van der Waals surface area contributed by atoms with Gasteiger partial charge in [-0.2, -0.15) is 0 Å². The van der Waals surface area contributed by atoms with Gasteiger partial charge in [0, 0.05) is 5.56 Å². The van der Waals surface area contributed by atoms with Crippen molar-refractivity contribution in [3.8, 4) is 17.1 Å². The molecule has 2 atom stereocenters. The van der Waals surface area contributed by atoms with Gasteiger partial charge in [-0.25, -0.2) is 14.4 Å². The topological polar surface area (TPSA) is 35.0 Å². The van der Waals surface area contributed by atoms with Gasteiger partial charge in [-0.3, -0.25) is 0 Å². The van der Waals surface area contributed by atoms with Gasteiger partial charge in [0.25, 0.3) is 0 Å². The van der Waals surface area contributed by atoms with Crippen molar-refractivity contribution in [2.24, 2.45) is 5.92 Å². The smallest absolute Gasteiger partial charge is 0.159 e. The summed E-state index contributed by atoms with van der Waals surface area (Å²) in [5.41, 5.74) is 2.35. The number of alkyl halides is 1. The van der Waals surface area contributed by atoms with E-state index in [0.29, 0.717) is 11.6 Å². The molecule has 160 valence electrons. The summed E-state index contributed by atoms with van der Waals surface area (Å²) in [4.78, 5) is 8.75. The van der Waals surface area contributed by atoms with E-state index in [1.165, 1.54) is 50.5 Å². The van der Waals surface area contributed by atoms with Gasteiger partial charge in [-0.15, -0.1) is 0 Å². The quantitative estimate of drug-likeness (QED) is 0.314. The number of benzene rings is 1. The zero-order valence-corrected chi connectivity index (χ0v) is 18.4. The van der Waals surface area contributed by atoms with E-state index in [1.54, 1.807) is 12.4 Å². The van der Waals surface area contributed by atoms with E-state index in [-0.39, 0.29) is 12.5 Å².